The molecule has 0 saturated carbocycles. The number of amides is 3. The highest BCUT2D eigenvalue weighted by molar-refractivity contribution is 6.21. The van der Waals surface area contributed by atoms with Crippen molar-refractivity contribution in [2.75, 3.05) is 13.2 Å². The zero-order chi connectivity index (χ0) is 21.0. The molecule has 28 heavy (non-hydrogen) atoms. The molecule has 152 valence electrons. The van der Waals surface area contributed by atoms with Gasteiger partial charge in [-0.1, -0.05) is 27.7 Å². The molecule has 7 heteroatoms. The molecule has 0 aromatic heterocycles. The van der Waals surface area contributed by atoms with Gasteiger partial charge < -0.3 is 10.1 Å². The lowest BCUT2D eigenvalue weighted by Crippen LogP contribution is -2.38. The van der Waals surface area contributed by atoms with E-state index < -0.39 is 18.5 Å². The number of hydrogen-bond acceptors (Lipinski definition) is 5. The van der Waals surface area contributed by atoms with Gasteiger partial charge in [0.25, 0.3) is 17.7 Å². The van der Waals surface area contributed by atoms with Crippen molar-refractivity contribution in [1.82, 2.24) is 10.2 Å². The van der Waals surface area contributed by atoms with E-state index in [2.05, 4.69) is 5.32 Å². The summed E-state index contributed by atoms with van der Waals surface area (Å²) in [5.41, 5.74) is 0.616. The van der Waals surface area contributed by atoms with Gasteiger partial charge in [0, 0.05) is 12.6 Å². The summed E-state index contributed by atoms with van der Waals surface area (Å²) >= 11 is 0. The van der Waals surface area contributed by atoms with Crippen LogP contribution in [-0.4, -0.2) is 47.8 Å². The number of ether oxygens (including phenoxy) is 1. The lowest BCUT2D eigenvalue weighted by atomic mass is 10.1. The Balaban J connectivity index is 2.02. The number of nitrogens with one attached hydrogen (secondary N) is 1. The summed E-state index contributed by atoms with van der Waals surface area (Å²) in [6.07, 6.45) is 0.713. The highest BCUT2D eigenvalue weighted by Gasteiger charge is 2.35. The lowest BCUT2D eigenvalue weighted by Gasteiger charge is -2.17. The summed E-state index contributed by atoms with van der Waals surface area (Å²) in [5, 5.41) is 2.75. The molecule has 7 nitrogen and oxygen atoms in total. The maximum absolute atomic E-state index is 12.5. The molecule has 0 radical (unpaired) electrons. The molecule has 0 saturated heterocycles. The van der Waals surface area contributed by atoms with Gasteiger partial charge in [-0.15, -0.1) is 0 Å². The van der Waals surface area contributed by atoms with Crippen molar-refractivity contribution in [3.63, 3.8) is 0 Å². The summed E-state index contributed by atoms with van der Waals surface area (Å²) in [5.74, 6) is -1.22. The molecule has 1 aromatic rings. The number of fused-ring (bicyclic) bond motifs is 1. The highest BCUT2D eigenvalue weighted by Crippen LogP contribution is 2.25. The molecular formula is C21H28N2O5. The molecule has 1 aliphatic heterocycles. The third-order valence-corrected chi connectivity index (χ3v) is 4.86. The van der Waals surface area contributed by atoms with E-state index in [1.54, 1.807) is 0 Å². The van der Waals surface area contributed by atoms with Gasteiger partial charge in [0.1, 0.15) is 0 Å². The molecule has 0 spiro atoms. The average Bonchev–Trinajstić information content (AvgIpc) is 2.87. The minimum absolute atomic E-state index is 0.0355. The molecule has 1 aliphatic rings. The molecule has 1 atom stereocenters. The largest absolute Gasteiger partial charge is 0.452 e. The first-order chi connectivity index (χ1) is 13.1. The number of benzene rings is 1. The quantitative estimate of drug-likeness (QED) is 0.546. The summed E-state index contributed by atoms with van der Waals surface area (Å²) in [6, 6.07) is 4.23. The van der Waals surface area contributed by atoms with Crippen LogP contribution >= 0.6 is 0 Å². The zero-order valence-electron chi connectivity index (χ0n) is 17.1. The van der Waals surface area contributed by atoms with Crippen molar-refractivity contribution in [1.29, 1.82) is 0 Å². The van der Waals surface area contributed by atoms with Crippen LogP contribution in [0.1, 0.15) is 72.1 Å². The molecular weight excluding hydrogens is 360 g/mol. The first-order valence-electron chi connectivity index (χ1n) is 9.58. The Hall–Kier alpha value is -2.70. The maximum atomic E-state index is 12.5. The molecule has 0 aliphatic carbocycles. The smallest absolute Gasteiger partial charge is 0.338 e. The van der Waals surface area contributed by atoms with E-state index >= 15 is 0 Å². The zero-order valence-corrected chi connectivity index (χ0v) is 17.1. The Kier molecular flexibility index (Phi) is 6.94. The van der Waals surface area contributed by atoms with Gasteiger partial charge in [-0.05, 0) is 43.4 Å². The SMILES string of the molecule is CC(C)CCN1C(=O)c2ccc(C(=O)OCC(=O)N[C@H](C)C(C)C)cc2C1=O. The standard InChI is InChI=1S/C21H28N2O5/c1-12(2)8-9-23-19(25)16-7-6-15(10-17(16)20(23)26)21(27)28-11-18(24)22-14(5)13(3)4/h6-7,10,12-14H,8-9,11H2,1-5H3,(H,22,24)/t14-/m1/s1. The monoisotopic (exact) mass is 388 g/mol. The van der Waals surface area contributed by atoms with Gasteiger partial charge in [0.05, 0.1) is 16.7 Å². The Bertz CT molecular complexity index is 785. The van der Waals surface area contributed by atoms with E-state index in [9.17, 15) is 19.2 Å². The summed E-state index contributed by atoms with van der Waals surface area (Å²) < 4.78 is 5.04. The first-order valence-corrected chi connectivity index (χ1v) is 9.58. The van der Waals surface area contributed by atoms with Crippen LogP contribution in [0.4, 0.5) is 0 Å². The third-order valence-electron chi connectivity index (χ3n) is 4.86. The van der Waals surface area contributed by atoms with Crippen LogP contribution in [0.25, 0.3) is 0 Å². The number of rotatable bonds is 8. The van der Waals surface area contributed by atoms with Crippen molar-refractivity contribution in [3.8, 4) is 0 Å². The molecule has 1 heterocycles. The van der Waals surface area contributed by atoms with Crippen LogP contribution in [0.3, 0.4) is 0 Å². The van der Waals surface area contributed by atoms with Gasteiger partial charge in [-0.25, -0.2) is 4.79 Å². The van der Waals surface area contributed by atoms with Gasteiger partial charge >= 0.3 is 5.97 Å². The van der Waals surface area contributed by atoms with Crippen molar-refractivity contribution in [3.05, 3.63) is 34.9 Å². The average molecular weight is 388 g/mol. The first kappa shape index (κ1) is 21.6. The van der Waals surface area contributed by atoms with E-state index in [0.29, 0.717) is 18.9 Å². The number of nitrogens with zero attached hydrogens (tertiary/aromatic N) is 1. The molecule has 2 rings (SSSR count). The summed E-state index contributed by atoms with van der Waals surface area (Å²) in [7, 11) is 0. The highest BCUT2D eigenvalue weighted by atomic mass is 16.5. The number of esters is 1. The Labute approximate surface area is 165 Å². The van der Waals surface area contributed by atoms with Crippen LogP contribution in [0, 0.1) is 11.8 Å². The van der Waals surface area contributed by atoms with Gasteiger partial charge in [-0.3, -0.25) is 19.3 Å². The third kappa shape index (κ3) is 4.97. The van der Waals surface area contributed by atoms with Crippen molar-refractivity contribution < 1.29 is 23.9 Å². The topological polar surface area (TPSA) is 92.8 Å². The van der Waals surface area contributed by atoms with Crippen LogP contribution in [-0.2, 0) is 9.53 Å². The molecule has 0 fully saturated rings. The lowest BCUT2D eigenvalue weighted by molar-refractivity contribution is -0.125. The fourth-order valence-electron chi connectivity index (χ4n) is 2.68. The molecule has 1 aromatic carbocycles. The molecule has 3 amide bonds. The Morgan fingerprint density at radius 1 is 1.04 bits per heavy atom. The predicted octanol–water partition coefficient (Wildman–Crippen LogP) is 2.65. The van der Waals surface area contributed by atoms with Gasteiger partial charge in [0.2, 0.25) is 0 Å². The normalized spacial score (nSPS) is 14.5. The van der Waals surface area contributed by atoms with Crippen molar-refractivity contribution in [2.24, 2.45) is 11.8 Å². The van der Waals surface area contributed by atoms with E-state index in [1.807, 2.05) is 34.6 Å². The second-order valence-electron chi connectivity index (χ2n) is 7.88. The second-order valence-corrected chi connectivity index (χ2v) is 7.88. The predicted molar refractivity (Wildman–Crippen MR) is 104 cm³/mol. The van der Waals surface area contributed by atoms with Crippen molar-refractivity contribution >= 4 is 23.7 Å². The van der Waals surface area contributed by atoms with Crippen molar-refractivity contribution in [2.45, 2.75) is 47.1 Å². The molecule has 0 bridgehead atoms. The van der Waals surface area contributed by atoms with Crippen LogP contribution in [0.5, 0.6) is 0 Å². The van der Waals surface area contributed by atoms with E-state index in [-0.39, 0.29) is 40.5 Å². The van der Waals surface area contributed by atoms with E-state index in [0.717, 1.165) is 0 Å². The number of imide groups is 1. The number of carbonyl (C=O) groups excluding carboxylic acids is 4. The fraction of sp³-hybridized carbons (Fsp3) is 0.524. The van der Waals surface area contributed by atoms with Crippen LogP contribution in [0.2, 0.25) is 0 Å². The number of carbonyl (C=O) groups is 4. The fourth-order valence-corrected chi connectivity index (χ4v) is 2.68. The maximum Gasteiger partial charge on any atom is 0.338 e. The summed E-state index contributed by atoms with van der Waals surface area (Å²) in [6.45, 7) is 9.81. The Morgan fingerprint density at radius 2 is 1.68 bits per heavy atom. The minimum atomic E-state index is -0.712. The number of hydrogen-bond donors (Lipinski definition) is 1. The summed E-state index contributed by atoms with van der Waals surface area (Å²) in [4.78, 5) is 50.2. The van der Waals surface area contributed by atoms with E-state index in [4.69, 9.17) is 4.74 Å². The molecule has 0 unspecified atom stereocenters. The van der Waals surface area contributed by atoms with Gasteiger partial charge in [0.15, 0.2) is 6.61 Å². The van der Waals surface area contributed by atoms with E-state index in [1.165, 1.54) is 23.1 Å². The molecule has 1 N–H and O–H groups in total. The Morgan fingerprint density at radius 3 is 2.29 bits per heavy atom. The van der Waals surface area contributed by atoms with Crippen LogP contribution in [0.15, 0.2) is 18.2 Å². The minimum Gasteiger partial charge on any atom is -0.452 e. The van der Waals surface area contributed by atoms with Crippen LogP contribution < -0.4 is 5.32 Å². The second kappa shape index (κ2) is 8.99. The van der Waals surface area contributed by atoms with Gasteiger partial charge in [-0.2, -0.15) is 0 Å².